The summed E-state index contributed by atoms with van der Waals surface area (Å²) in [6.45, 7) is 3.29. The van der Waals surface area contributed by atoms with Crippen LogP contribution in [0.15, 0.2) is 46.5 Å². The molecular formula is C20H18ClN3O2S. The highest BCUT2D eigenvalue weighted by atomic mass is 35.5. The van der Waals surface area contributed by atoms with Gasteiger partial charge in [0.05, 0.1) is 18.3 Å². The molecule has 0 saturated carbocycles. The number of rotatable bonds is 1. The molecule has 0 N–H and O–H groups in total. The summed E-state index contributed by atoms with van der Waals surface area (Å²) >= 11 is 7.87. The maximum absolute atomic E-state index is 6.11. The van der Waals surface area contributed by atoms with Gasteiger partial charge in [0, 0.05) is 21.9 Å². The van der Waals surface area contributed by atoms with Crippen molar-refractivity contribution in [1.29, 1.82) is 0 Å². The first kappa shape index (κ1) is 17.0. The summed E-state index contributed by atoms with van der Waals surface area (Å²) < 4.78 is 11.2. The second kappa shape index (κ2) is 6.77. The van der Waals surface area contributed by atoms with E-state index in [1.807, 2.05) is 30.3 Å². The number of nitrogens with zero attached hydrogens (tertiary/aromatic N) is 3. The lowest BCUT2D eigenvalue weighted by atomic mass is 9.94. The SMILES string of the molecule is C[C@@H]1Cc2cc3c(cc2C(c2ccc(Cl)cc2)=NN1C1=NCCS1)OCO3. The zero-order valence-electron chi connectivity index (χ0n) is 14.8. The average Bonchev–Trinajstić information content (AvgIpc) is 3.32. The maximum Gasteiger partial charge on any atom is 0.231 e. The molecule has 7 heteroatoms. The summed E-state index contributed by atoms with van der Waals surface area (Å²) in [6, 6.07) is 12.1. The van der Waals surface area contributed by atoms with Crippen LogP contribution in [-0.4, -0.2) is 41.0 Å². The lowest BCUT2D eigenvalue weighted by Gasteiger charge is -2.24. The normalized spacial score (nSPS) is 20.8. The summed E-state index contributed by atoms with van der Waals surface area (Å²) in [6.07, 6.45) is 0.853. The monoisotopic (exact) mass is 399 g/mol. The third kappa shape index (κ3) is 3.07. The third-order valence-electron chi connectivity index (χ3n) is 4.88. The van der Waals surface area contributed by atoms with E-state index in [4.69, 9.17) is 26.2 Å². The Kier molecular flexibility index (Phi) is 4.25. The van der Waals surface area contributed by atoms with Gasteiger partial charge in [0.1, 0.15) is 0 Å². The topological polar surface area (TPSA) is 46.4 Å². The Bertz CT molecular complexity index is 958. The highest BCUT2D eigenvalue weighted by molar-refractivity contribution is 8.14. The van der Waals surface area contributed by atoms with Crippen LogP contribution in [0.2, 0.25) is 5.02 Å². The van der Waals surface area contributed by atoms with Crippen molar-refractivity contribution in [3.63, 3.8) is 0 Å². The van der Waals surface area contributed by atoms with Crippen molar-refractivity contribution in [3.05, 3.63) is 58.1 Å². The molecule has 2 aromatic rings. The molecule has 0 spiro atoms. The summed E-state index contributed by atoms with van der Waals surface area (Å²) in [5.74, 6) is 2.58. The lowest BCUT2D eigenvalue weighted by Crippen LogP contribution is -2.33. The van der Waals surface area contributed by atoms with E-state index < -0.39 is 0 Å². The first-order valence-electron chi connectivity index (χ1n) is 8.93. The van der Waals surface area contributed by atoms with Crippen LogP contribution >= 0.6 is 23.4 Å². The van der Waals surface area contributed by atoms with Crippen LogP contribution < -0.4 is 9.47 Å². The number of halogens is 1. The van der Waals surface area contributed by atoms with Crippen LogP contribution in [0.25, 0.3) is 0 Å². The van der Waals surface area contributed by atoms with Gasteiger partial charge in [0.15, 0.2) is 16.7 Å². The number of hydrazone groups is 1. The van der Waals surface area contributed by atoms with Gasteiger partial charge in [-0.2, -0.15) is 5.10 Å². The molecule has 3 aliphatic heterocycles. The fourth-order valence-corrected chi connectivity index (χ4v) is 4.58. The Morgan fingerprint density at radius 3 is 2.67 bits per heavy atom. The van der Waals surface area contributed by atoms with Crippen molar-refractivity contribution in [2.24, 2.45) is 10.1 Å². The Labute approximate surface area is 167 Å². The zero-order valence-corrected chi connectivity index (χ0v) is 16.4. The van der Waals surface area contributed by atoms with Crippen molar-refractivity contribution in [1.82, 2.24) is 5.01 Å². The van der Waals surface area contributed by atoms with Gasteiger partial charge in [-0.15, -0.1) is 0 Å². The summed E-state index contributed by atoms with van der Waals surface area (Å²) in [4.78, 5) is 4.65. The second-order valence-corrected chi connectivity index (χ2v) is 8.23. The highest BCUT2D eigenvalue weighted by Crippen LogP contribution is 2.38. The van der Waals surface area contributed by atoms with Crippen molar-refractivity contribution < 1.29 is 9.47 Å². The van der Waals surface area contributed by atoms with Crippen LogP contribution in [0.5, 0.6) is 11.5 Å². The number of hydrogen-bond donors (Lipinski definition) is 0. The van der Waals surface area contributed by atoms with E-state index in [9.17, 15) is 0 Å². The van der Waals surface area contributed by atoms with Crippen LogP contribution in [0.4, 0.5) is 0 Å². The third-order valence-corrected chi connectivity index (χ3v) is 6.09. The number of fused-ring (bicyclic) bond motifs is 2. The fraction of sp³-hybridized carbons (Fsp3) is 0.300. The van der Waals surface area contributed by atoms with Gasteiger partial charge in [-0.3, -0.25) is 4.99 Å². The summed E-state index contributed by atoms with van der Waals surface area (Å²) in [5.41, 5.74) is 4.19. The first-order valence-corrected chi connectivity index (χ1v) is 10.3. The van der Waals surface area contributed by atoms with Crippen LogP contribution in [0.1, 0.15) is 23.6 Å². The highest BCUT2D eigenvalue weighted by Gasteiger charge is 2.29. The lowest BCUT2D eigenvalue weighted by molar-refractivity contribution is 0.174. The Hall–Kier alpha value is -2.18. The predicted molar refractivity (Wildman–Crippen MR) is 109 cm³/mol. The molecule has 0 aliphatic carbocycles. The predicted octanol–water partition coefficient (Wildman–Crippen LogP) is 4.17. The largest absolute Gasteiger partial charge is 0.454 e. The molecule has 0 fully saturated rings. The molecule has 0 unspecified atom stereocenters. The van der Waals surface area contributed by atoms with Gasteiger partial charge in [-0.25, -0.2) is 5.01 Å². The second-order valence-electron chi connectivity index (χ2n) is 6.73. The number of ether oxygens (including phenoxy) is 2. The Balaban J connectivity index is 1.69. The molecule has 0 aromatic heterocycles. The standard InChI is InChI=1S/C20H18ClN3O2S/c1-12-8-14-9-17-18(26-11-25-17)10-16(14)19(13-2-4-15(21)5-3-13)23-24(12)20-22-6-7-27-20/h2-5,9-10,12H,6-8,11H2,1H3/t12-/m1/s1. The minimum atomic E-state index is 0.193. The molecule has 138 valence electrons. The number of aliphatic imine (C=N–C) groups is 1. The smallest absolute Gasteiger partial charge is 0.231 e. The number of amidine groups is 1. The van der Waals surface area contributed by atoms with E-state index in [0.29, 0.717) is 5.02 Å². The molecule has 3 heterocycles. The number of thioether (sulfide) groups is 1. The van der Waals surface area contributed by atoms with Gasteiger partial charge in [-0.05, 0) is 43.2 Å². The Morgan fingerprint density at radius 2 is 1.93 bits per heavy atom. The van der Waals surface area contributed by atoms with E-state index in [2.05, 4.69) is 23.0 Å². The van der Waals surface area contributed by atoms with Crippen LogP contribution in [0, 0.1) is 0 Å². The van der Waals surface area contributed by atoms with Crippen molar-refractivity contribution in [2.75, 3.05) is 19.1 Å². The van der Waals surface area contributed by atoms with E-state index in [1.165, 1.54) is 5.56 Å². The van der Waals surface area contributed by atoms with E-state index in [0.717, 1.165) is 52.2 Å². The van der Waals surface area contributed by atoms with Crippen molar-refractivity contribution in [3.8, 4) is 11.5 Å². The van der Waals surface area contributed by atoms with Gasteiger partial charge in [-0.1, -0.05) is 35.5 Å². The van der Waals surface area contributed by atoms with Gasteiger partial charge >= 0.3 is 0 Å². The van der Waals surface area contributed by atoms with Crippen LogP contribution in [-0.2, 0) is 6.42 Å². The minimum absolute atomic E-state index is 0.193. The number of benzene rings is 2. The molecule has 0 bridgehead atoms. The minimum Gasteiger partial charge on any atom is -0.454 e. The molecule has 0 radical (unpaired) electrons. The molecule has 5 rings (SSSR count). The van der Waals surface area contributed by atoms with Crippen LogP contribution in [0.3, 0.4) is 0 Å². The average molecular weight is 400 g/mol. The maximum atomic E-state index is 6.11. The van der Waals surface area contributed by atoms with Gasteiger partial charge in [0.25, 0.3) is 0 Å². The molecule has 5 nitrogen and oxygen atoms in total. The first-order chi connectivity index (χ1) is 13.2. The Morgan fingerprint density at radius 1 is 1.15 bits per heavy atom. The quantitative estimate of drug-likeness (QED) is 0.722. The molecule has 0 amide bonds. The fourth-order valence-electron chi connectivity index (χ4n) is 3.55. The molecule has 0 saturated heterocycles. The molecule has 2 aromatic carbocycles. The number of hydrogen-bond acceptors (Lipinski definition) is 6. The van der Waals surface area contributed by atoms with Crippen molar-refractivity contribution >= 4 is 34.2 Å². The van der Waals surface area contributed by atoms with E-state index >= 15 is 0 Å². The molecule has 3 aliphatic rings. The summed E-state index contributed by atoms with van der Waals surface area (Å²) in [5, 5.41) is 8.82. The molecule has 1 atom stereocenters. The molecular weight excluding hydrogens is 382 g/mol. The molecule has 27 heavy (non-hydrogen) atoms. The summed E-state index contributed by atoms with van der Waals surface area (Å²) in [7, 11) is 0. The van der Waals surface area contributed by atoms with Gasteiger partial charge < -0.3 is 9.47 Å². The van der Waals surface area contributed by atoms with E-state index in [1.54, 1.807) is 11.8 Å². The zero-order chi connectivity index (χ0) is 18.4. The van der Waals surface area contributed by atoms with Gasteiger partial charge in [0.2, 0.25) is 6.79 Å². The van der Waals surface area contributed by atoms with E-state index in [-0.39, 0.29) is 12.8 Å². The van der Waals surface area contributed by atoms with Crippen molar-refractivity contribution in [2.45, 2.75) is 19.4 Å².